The van der Waals surface area contributed by atoms with Gasteiger partial charge in [-0.05, 0) is 54.0 Å². The first-order valence-corrected chi connectivity index (χ1v) is 10.6. The second kappa shape index (κ2) is 8.14. The van der Waals surface area contributed by atoms with E-state index in [0.29, 0.717) is 34.9 Å². The monoisotopic (exact) mass is 464 g/mol. The minimum atomic E-state index is -0.506. The molecule has 0 saturated heterocycles. The average molecular weight is 465 g/mol. The van der Waals surface area contributed by atoms with Crippen LogP contribution in [-0.2, 0) is 4.79 Å². The largest absolute Gasteiger partial charge is 0.342 e. The molecule has 3 aromatic rings. The van der Waals surface area contributed by atoms with E-state index in [2.05, 4.69) is 20.6 Å². The molecular weight excluding hydrogens is 448 g/mol. The fourth-order valence-electron chi connectivity index (χ4n) is 4.13. The van der Waals surface area contributed by atoms with E-state index in [-0.39, 0.29) is 23.6 Å². The Morgan fingerprint density at radius 3 is 2.45 bits per heavy atom. The third-order valence-electron chi connectivity index (χ3n) is 5.70. The van der Waals surface area contributed by atoms with Gasteiger partial charge in [-0.15, -0.1) is 5.11 Å². The molecule has 11 heteroatoms. The molecule has 2 N–H and O–H groups in total. The summed E-state index contributed by atoms with van der Waals surface area (Å²) in [6, 6.07) is 12.3. The highest BCUT2D eigenvalue weighted by Crippen LogP contribution is 2.43. The van der Waals surface area contributed by atoms with Gasteiger partial charge in [-0.1, -0.05) is 11.6 Å². The minimum absolute atomic E-state index is 0.0414. The highest BCUT2D eigenvalue weighted by Gasteiger charge is 2.35. The number of azo groups is 1. The molecule has 0 fully saturated rings. The summed E-state index contributed by atoms with van der Waals surface area (Å²) in [5.74, 6) is 0.525. The van der Waals surface area contributed by atoms with E-state index in [1.165, 1.54) is 12.1 Å². The first-order chi connectivity index (χ1) is 15.9. The number of hydrogen-bond acceptors (Lipinski definition) is 7. The molecule has 2 aromatic carbocycles. The van der Waals surface area contributed by atoms with E-state index >= 15 is 0 Å². The highest BCUT2D eigenvalue weighted by molar-refractivity contribution is 6.30. The fraction of sp³-hybridized carbons (Fsp3) is 0.182. The molecule has 33 heavy (non-hydrogen) atoms. The quantitative estimate of drug-likeness (QED) is 0.311. The number of allylic oxidation sites excluding steroid dienone is 2. The van der Waals surface area contributed by atoms with Crippen molar-refractivity contribution in [3.8, 4) is 0 Å². The maximum atomic E-state index is 12.8. The van der Waals surface area contributed by atoms with Crippen LogP contribution in [0.3, 0.4) is 0 Å². The summed E-state index contributed by atoms with van der Waals surface area (Å²) >= 11 is 5.90. The highest BCUT2D eigenvalue weighted by atomic mass is 35.5. The van der Waals surface area contributed by atoms with Crippen LogP contribution in [-0.4, -0.2) is 20.5 Å². The van der Waals surface area contributed by atoms with Crippen LogP contribution in [0.5, 0.6) is 0 Å². The van der Waals surface area contributed by atoms with Crippen LogP contribution in [0.25, 0.3) is 0 Å². The smallest absolute Gasteiger partial charge is 0.294 e. The van der Waals surface area contributed by atoms with Crippen molar-refractivity contribution in [2.45, 2.75) is 25.3 Å². The Hall–Kier alpha value is -4.05. The lowest BCUT2D eigenvalue weighted by Crippen LogP contribution is -2.29. The first kappa shape index (κ1) is 20.8. The molecule has 0 bridgehead atoms. The van der Waals surface area contributed by atoms with Gasteiger partial charge in [0.15, 0.2) is 11.5 Å². The molecule has 0 amide bonds. The van der Waals surface area contributed by atoms with Crippen LogP contribution in [0.4, 0.5) is 22.9 Å². The molecular formula is C22H17ClN6O4. The molecule has 1 atom stereocenters. The Kier molecular flexibility index (Phi) is 5.14. The summed E-state index contributed by atoms with van der Waals surface area (Å²) in [6.07, 6.45) is 1.13. The Morgan fingerprint density at radius 2 is 1.76 bits per heavy atom. The molecule has 5 rings (SSSR count). The molecule has 1 aliphatic carbocycles. The third kappa shape index (κ3) is 3.85. The lowest BCUT2D eigenvalue weighted by molar-refractivity contribution is -0.384. The van der Waals surface area contributed by atoms with E-state index < -0.39 is 16.5 Å². The number of aromatic amines is 1. The molecule has 0 saturated carbocycles. The fourth-order valence-corrected chi connectivity index (χ4v) is 4.25. The van der Waals surface area contributed by atoms with Gasteiger partial charge in [0.25, 0.3) is 11.2 Å². The van der Waals surface area contributed by atoms with E-state index in [1.807, 2.05) is 0 Å². The second-order valence-electron chi connectivity index (χ2n) is 7.78. The second-order valence-corrected chi connectivity index (χ2v) is 8.22. The van der Waals surface area contributed by atoms with Gasteiger partial charge in [-0.25, -0.2) is 0 Å². The number of rotatable bonds is 4. The van der Waals surface area contributed by atoms with Crippen molar-refractivity contribution < 1.29 is 9.72 Å². The summed E-state index contributed by atoms with van der Waals surface area (Å²) in [5.41, 5.74) is 2.51. The van der Waals surface area contributed by atoms with Crippen molar-refractivity contribution in [3.05, 3.63) is 90.9 Å². The maximum Gasteiger partial charge on any atom is 0.294 e. The standard InChI is InChI=1S/C22H17ClN6O4/c23-13-3-5-14(6-4-13)25-26-19-21-24-18-10-9-16(30)11-17(18)20(28(21)27-22(19)31)12-1-7-15(8-2-12)29(32)33/h1-8,20,24H,9-11H2,(H,27,31). The number of ketones is 1. The molecule has 2 heterocycles. The zero-order valence-corrected chi connectivity index (χ0v) is 17.9. The number of halogens is 1. The number of aromatic nitrogens is 2. The van der Waals surface area contributed by atoms with Gasteiger partial charge in [0.2, 0.25) is 0 Å². The van der Waals surface area contributed by atoms with Crippen molar-refractivity contribution in [3.63, 3.8) is 0 Å². The first-order valence-electron chi connectivity index (χ1n) is 10.2. The Morgan fingerprint density at radius 1 is 1.03 bits per heavy atom. The number of nitro benzene ring substituents is 1. The Balaban J connectivity index is 1.60. The zero-order valence-electron chi connectivity index (χ0n) is 17.1. The minimum Gasteiger partial charge on any atom is -0.342 e. The van der Waals surface area contributed by atoms with Crippen molar-refractivity contribution in [2.24, 2.45) is 10.2 Å². The summed E-state index contributed by atoms with van der Waals surface area (Å²) < 4.78 is 1.61. The average Bonchev–Trinajstić information content (AvgIpc) is 3.11. The van der Waals surface area contributed by atoms with Gasteiger partial charge >= 0.3 is 0 Å². The molecule has 0 radical (unpaired) electrons. The van der Waals surface area contributed by atoms with E-state index in [0.717, 1.165) is 11.3 Å². The topological polar surface area (TPSA) is 135 Å². The number of non-ortho nitro benzene ring substituents is 1. The normalized spacial score (nSPS) is 17.6. The number of benzene rings is 2. The lowest BCUT2D eigenvalue weighted by Gasteiger charge is -2.34. The molecule has 1 aliphatic heterocycles. The molecule has 10 nitrogen and oxygen atoms in total. The van der Waals surface area contributed by atoms with Crippen molar-refractivity contribution in [2.75, 3.05) is 5.32 Å². The van der Waals surface area contributed by atoms with Gasteiger partial charge in [-0.3, -0.25) is 29.5 Å². The number of carbonyl (C=O) groups excluding carboxylic acids is 1. The summed E-state index contributed by atoms with van der Waals surface area (Å²) in [5, 5.41) is 26.0. The van der Waals surface area contributed by atoms with Gasteiger partial charge in [0, 0.05) is 35.7 Å². The van der Waals surface area contributed by atoms with E-state index in [4.69, 9.17) is 11.6 Å². The number of fused-ring (bicyclic) bond motifs is 1. The number of nitro groups is 1. The van der Waals surface area contributed by atoms with Gasteiger partial charge in [-0.2, -0.15) is 5.11 Å². The number of H-pyrrole nitrogens is 1. The van der Waals surface area contributed by atoms with Crippen LogP contribution in [0.15, 0.2) is 74.8 Å². The van der Waals surface area contributed by atoms with E-state index in [9.17, 15) is 19.7 Å². The van der Waals surface area contributed by atoms with Crippen LogP contribution < -0.4 is 10.9 Å². The number of nitrogens with one attached hydrogen (secondary N) is 2. The summed E-state index contributed by atoms with van der Waals surface area (Å²) in [7, 11) is 0. The van der Waals surface area contributed by atoms with Crippen LogP contribution in [0.2, 0.25) is 5.02 Å². The molecule has 1 aromatic heterocycles. The number of carbonyl (C=O) groups is 1. The molecule has 166 valence electrons. The Labute approximate surface area is 191 Å². The maximum absolute atomic E-state index is 12.8. The molecule has 2 aliphatic rings. The number of Topliss-reactive ketones (excluding diaryl/α,β-unsaturated/α-hetero) is 1. The van der Waals surface area contributed by atoms with Crippen LogP contribution in [0.1, 0.15) is 30.9 Å². The predicted octanol–water partition coefficient (Wildman–Crippen LogP) is 5.18. The van der Waals surface area contributed by atoms with Crippen molar-refractivity contribution >= 4 is 40.3 Å². The van der Waals surface area contributed by atoms with Crippen molar-refractivity contribution in [1.82, 2.24) is 9.78 Å². The van der Waals surface area contributed by atoms with E-state index in [1.54, 1.807) is 41.1 Å². The van der Waals surface area contributed by atoms with Gasteiger partial charge < -0.3 is 5.32 Å². The SMILES string of the molecule is O=C1CCC2=C(C1)C(c1ccc([N+](=O)[O-])cc1)n1[nH]c(=O)c(N=Nc3ccc(Cl)cc3)c1N2. The third-order valence-corrected chi connectivity index (χ3v) is 5.95. The predicted molar refractivity (Wildman–Crippen MR) is 121 cm³/mol. The summed E-state index contributed by atoms with van der Waals surface area (Å²) in [4.78, 5) is 35.6. The molecule has 1 unspecified atom stereocenters. The zero-order chi connectivity index (χ0) is 23.1. The number of hydrogen-bond donors (Lipinski definition) is 2. The molecule has 0 spiro atoms. The number of nitrogens with zero attached hydrogens (tertiary/aromatic N) is 4. The van der Waals surface area contributed by atoms with Crippen LogP contribution in [0, 0.1) is 10.1 Å². The van der Waals surface area contributed by atoms with Crippen LogP contribution >= 0.6 is 11.6 Å². The van der Waals surface area contributed by atoms with Crippen molar-refractivity contribution in [1.29, 1.82) is 0 Å². The Bertz CT molecular complexity index is 1390. The van der Waals surface area contributed by atoms with Gasteiger partial charge in [0.05, 0.1) is 10.6 Å². The lowest BCUT2D eigenvalue weighted by atomic mass is 9.85. The number of anilines is 1. The van der Waals surface area contributed by atoms with Gasteiger partial charge in [0.1, 0.15) is 11.8 Å². The summed E-state index contributed by atoms with van der Waals surface area (Å²) in [6.45, 7) is 0.